The fourth-order valence-electron chi connectivity index (χ4n) is 1.63. The van der Waals surface area contributed by atoms with Gasteiger partial charge in [-0.1, -0.05) is 12.1 Å². The number of hydrogen-bond donors (Lipinski definition) is 1. The van der Waals surface area contributed by atoms with Crippen LogP contribution in [0.4, 0.5) is 5.69 Å². The van der Waals surface area contributed by atoms with Crippen LogP contribution in [-0.4, -0.2) is 19.1 Å². The van der Waals surface area contributed by atoms with Crippen LogP contribution in [0.15, 0.2) is 12.1 Å². The van der Waals surface area contributed by atoms with Crippen molar-refractivity contribution in [1.29, 1.82) is 0 Å². The first-order valence-corrected chi connectivity index (χ1v) is 5.38. The number of nitrogens with one attached hydrogen (secondary N) is 1. The van der Waals surface area contributed by atoms with Gasteiger partial charge in [-0.05, 0) is 44.4 Å². The van der Waals surface area contributed by atoms with E-state index >= 15 is 0 Å². The Morgan fingerprint density at radius 3 is 2.38 bits per heavy atom. The zero-order chi connectivity index (χ0) is 12.3. The SMILES string of the molecule is COC(=O)C(C)Nc1c(C)ccc(C)c1C. The fraction of sp³-hybridized carbons (Fsp3) is 0.462. The molecule has 0 aliphatic carbocycles. The third-order valence-electron chi connectivity index (χ3n) is 2.86. The zero-order valence-corrected chi connectivity index (χ0v) is 10.5. The molecule has 1 atom stereocenters. The average molecular weight is 221 g/mol. The van der Waals surface area contributed by atoms with E-state index in [2.05, 4.69) is 31.3 Å². The van der Waals surface area contributed by atoms with Gasteiger partial charge in [-0.2, -0.15) is 0 Å². The number of methoxy groups -OCH3 is 1. The first-order valence-electron chi connectivity index (χ1n) is 5.38. The Kier molecular flexibility index (Phi) is 3.93. The number of anilines is 1. The number of carbonyl (C=O) groups is 1. The van der Waals surface area contributed by atoms with Gasteiger partial charge in [-0.25, -0.2) is 4.79 Å². The predicted molar refractivity (Wildman–Crippen MR) is 65.8 cm³/mol. The van der Waals surface area contributed by atoms with Crippen molar-refractivity contribution < 1.29 is 9.53 Å². The van der Waals surface area contributed by atoms with E-state index in [1.54, 1.807) is 6.92 Å². The lowest BCUT2D eigenvalue weighted by Gasteiger charge is -2.18. The molecule has 1 aromatic rings. The molecule has 0 heterocycles. The Morgan fingerprint density at radius 2 is 1.81 bits per heavy atom. The van der Waals surface area contributed by atoms with Gasteiger partial charge in [0, 0.05) is 5.69 Å². The normalized spacial score (nSPS) is 12.1. The van der Waals surface area contributed by atoms with Crippen molar-refractivity contribution in [3.8, 4) is 0 Å². The molecule has 0 aliphatic heterocycles. The number of hydrogen-bond acceptors (Lipinski definition) is 3. The maximum absolute atomic E-state index is 11.3. The van der Waals surface area contributed by atoms with Crippen LogP contribution in [0.25, 0.3) is 0 Å². The van der Waals surface area contributed by atoms with Gasteiger partial charge in [-0.15, -0.1) is 0 Å². The molecule has 0 saturated carbocycles. The summed E-state index contributed by atoms with van der Waals surface area (Å²) in [7, 11) is 1.40. The van der Waals surface area contributed by atoms with Crippen molar-refractivity contribution in [2.75, 3.05) is 12.4 Å². The number of ether oxygens (including phenoxy) is 1. The molecule has 88 valence electrons. The molecule has 0 aliphatic rings. The first kappa shape index (κ1) is 12.6. The summed E-state index contributed by atoms with van der Waals surface area (Å²) in [5.41, 5.74) is 4.55. The Labute approximate surface area is 96.8 Å². The minimum absolute atomic E-state index is 0.250. The molecule has 3 heteroatoms. The molecule has 3 nitrogen and oxygen atoms in total. The van der Waals surface area contributed by atoms with Crippen LogP contribution >= 0.6 is 0 Å². The molecule has 1 unspecified atom stereocenters. The fourth-order valence-corrected chi connectivity index (χ4v) is 1.63. The highest BCUT2D eigenvalue weighted by Crippen LogP contribution is 2.23. The summed E-state index contributed by atoms with van der Waals surface area (Å²) in [6, 6.07) is 3.80. The van der Waals surface area contributed by atoms with Crippen molar-refractivity contribution in [2.45, 2.75) is 33.7 Å². The predicted octanol–water partition coefficient (Wildman–Crippen LogP) is 2.59. The molecular formula is C13H19NO2. The lowest BCUT2D eigenvalue weighted by atomic mass is 10.0. The van der Waals surface area contributed by atoms with Crippen LogP contribution < -0.4 is 5.32 Å². The van der Waals surface area contributed by atoms with E-state index < -0.39 is 0 Å². The van der Waals surface area contributed by atoms with Crippen molar-refractivity contribution in [1.82, 2.24) is 0 Å². The second kappa shape index (κ2) is 5.01. The van der Waals surface area contributed by atoms with Gasteiger partial charge >= 0.3 is 5.97 Å². The van der Waals surface area contributed by atoms with E-state index in [0.717, 1.165) is 11.3 Å². The van der Waals surface area contributed by atoms with Crippen LogP contribution in [0.2, 0.25) is 0 Å². The molecule has 1 rings (SSSR count). The highest BCUT2D eigenvalue weighted by Gasteiger charge is 2.15. The van der Waals surface area contributed by atoms with Gasteiger partial charge in [0.1, 0.15) is 6.04 Å². The summed E-state index contributed by atoms with van der Waals surface area (Å²) in [6.45, 7) is 7.93. The quantitative estimate of drug-likeness (QED) is 0.797. The smallest absolute Gasteiger partial charge is 0.327 e. The van der Waals surface area contributed by atoms with Crippen molar-refractivity contribution >= 4 is 11.7 Å². The van der Waals surface area contributed by atoms with Crippen LogP contribution in [0.3, 0.4) is 0 Å². The number of benzene rings is 1. The Hall–Kier alpha value is -1.51. The first-order chi connectivity index (χ1) is 7.47. The summed E-state index contributed by atoms with van der Waals surface area (Å²) in [4.78, 5) is 11.3. The van der Waals surface area contributed by atoms with Crippen molar-refractivity contribution in [2.24, 2.45) is 0 Å². The molecular weight excluding hydrogens is 202 g/mol. The highest BCUT2D eigenvalue weighted by molar-refractivity contribution is 5.79. The number of carbonyl (C=O) groups excluding carboxylic acids is 1. The van der Waals surface area contributed by atoms with E-state index in [1.807, 2.05) is 6.92 Å². The monoisotopic (exact) mass is 221 g/mol. The van der Waals surface area contributed by atoms with Crippen molar-refractivity contribution in [3.63, 3.8) is 0 Å². The Bertz CT molecular complexity index is 399. The van der Waals surface area contributed by atoms with Crippen LogP contribution in [-0.2, 0) is 9.53 Å². The minimum Gasteiger partial charge on any atom is -0.467 e. The van der Waals surface area contributed by atoms with Gasteiger partial charge in [0.2, 0.25) is 0 Å². The molecule has 0 amide bonds. The highest BCUT2D eigenvalue weighted by atomic mass is 16.5. The van der Waals surface area contributed by atoms with Crippen LogP contribution in [0.5, 0.6) is 0 Å². The third kappa shape index (κ3) is 2.54. The van der Waals surface area contributed by atoms with Gasteiger partial charge in [0.25, 0.3) is 0 Å². The second-order valence-electron chi connectivity index (χ2n) is 4.09. The van der Waals surface area contributed by atoms with Crippen LogP contribution in [0, 0.1) is 20.8 Å². The van der Waals surface area contributed by atoms with Gasteiger partial charge < -0.3 is 10.1 Å². The molecule has 0 aromatic heterocycles. The molecule has 1 N–H and O–H groups in total. The lowest BCUT2D eigenvalue weighted by molar-refractivity contribution is -0.141. The van der Waals surface area contributed by atoms with E-state index in [9.17, 15) is 4.79 Å². The summed E-state index contributed by atoms with van der Waals surface area (Å²) in [5, 5.41) is 3.20. The maximum Gasteiger partial charge on any atom is 0.327 e. The van der Waals surface area contributed by atoms with Crippen molar-refractivity contribution in [3.05, 3.63) is 28.8 Å². The van der Waals surface area contributed by atoms with E-state index in [-0.39, 0.29) is 12.0 Å². The molecule has 0 saturated heterocycles. The molecule has 0 radical (unpaired) electrons. The molecule has 16 heavy (non-hydrogen) atoms. The van der Waals surface area contributed by atoms with Crippen LogP contribution in [0.1, 0.15) is 23.6 Å². The van der Waals surface area contributed by atoms with E-state index in [4.69, 9.17) is 4.74 Å². The van der Waals surface area contributed by atoms with E-state index in [1.165, 1.54) is 18.2 Å². The molecule has 0 fully saturated rings. The zero-order valence-electron chi connectivity index (χ0n) is 10.5. The second-order valence-corrected chi connectivity index (χ2v) is 4.09. The molecule has 0 bridgehead atoms. The molecule has 0 spiro atoms. The Balaban J connectivity index is 2.97. The topological polar surface area (TPSA) is 38.3 Å². The number of rotatable bonds is 3. The summed E-state index contributed by atoms with van der Waals surface area (Å²) < 4.78 is 4.69. The maximum atomic E-state index is 11.3. The largest absolute Gasteiger partial charge is 0.467 e. The number of aryl methyl sites for hydroxylation is 2. The summed E-state index contributed by atoms with van der Waals surface area (Å²) in [6.07, 6.45) is 0. The Morgan fingerprint density at radius 1 is 1.25 bits per heavy atom. The number of esters is 1. The lowest BCUT2D eigenvalue weighted by Crippen LogP contribution is -2.28. The van der Waals surface area contributed by atoms with E-state index in [0.29, 0.717) is 0 Å². The molecule has 1 aromatic carbocycles. The third-order valence-corrected chi connectivity index (χ3v) is 2.86. The summed E-state index contributed by atoms with van der Waals surface area (Å²) >= 11 is 0. The summed E-state index contributed by atoms with van der Waals surface area (Å²) in [5.74, 6) is -0.250. The van der Waals surface area contributed by atoms with Gasteiger partial charge in [-0.3, -0.25) is 0 Å². The standard InChI is InChI=1S/C13H19NO2/c1-8-6-7-9(2)12(10(8)3)14-11(4)13(15)16-5/h6-7,11,14H,1-5H3. The minimum atomic E-state index is -0.329. The van der Waals surface area contributed by atoms with Gasteiger partial charge in [0.05, 0.1) is 7.11 Å². The average Bonchev–Trinajstić information content (AvgIpc) is 2.28. The van der Waals surface area contributed by atoms with Gasteiger partial charge in [0.15, 0.2) is 0 Å².